The van der Waals surface area contributed by atoms with Crippen molar-refractivity contribution in [3.8, 4) is 23.0 Å². The molecular weight excluding hydrogens is 496 g/mol. The molecular formula is C36H32O4. The van der Waals surface area contributed by atoms with Gasteiger partial charge in [0.05, 0.1) is 0 Å². The van der Waals surface area contributed by atoms with Crippen LogP contribution in [0.1, 0.15) is 27.8 Å². The van der Waals surface area contributed by atoms with Gasteiger partial charge in [0.2, 0.25) is 0 Å². The van der Waals surface area contributed by atoms with Crippen molar-refractivity contribution in [3.63, 3.8) is 0 Å². The Morgan fingerprint density at radius 3 is 1.57 bits per heavy atom. The van der Waals surface area contributed by atoms with E-state index in [1.54, 1.807) is 6.07 Å². The average Bonchev–Trinajstić information content (AvgIpc) is 3.01. The third kappa shape index (κ3) is 7.78. The summed E-state index contributed by atoms with van der Waals surface area (Å²) in [6.45, 7) is 1.33. The largest absolute Gasteiger partial charge is 0.507 e. The first-order valence-corrected chi connectivity index (χ1v) is 13.4. The second kappa shape index (κ2) is 13.7. The highest BCUT2D eigenvalue weighted by molar-refractivity contribution is 5.55. The number of phenolic OH excluding ortho intramolecular Hbond substituents is 1. The van der Waals surface area contributed by atoms with Crippen molar-refractivity contribution in [2.45, 2.75) is 26.2 Å². The SMILES string of the molecule is Oc1cc(OCc2ccccc2)cc(OCc2ccccc2)c1C/C=C/c1ccc(OCc2ccccc2)cc1. The van der Waals surface area contributed by atoms with Gasteiger partial charge in [-0.15, -0.1) is 0 Å². The van der Waals surface area contributed by atoms with Gasteiger partial charge in [0.1, 0.15) is 42.8 Å². The van der Waals surface area contributed by atoms with E-state index in [-0.39, 0.29) is 5.75 Å². The van der Waals surface area contributed by atoms with Crippen LogP contribution in [-0.4, -0.2) is 5.11 Å². The van der Waals surface area contributed by atoms with Gasteiger partial charge in [-0.2, -0.15) is 0 Å². The summed E-state index contributed by atoms with van der Waals surface area (Å²) in [4.78, 5) is 0. The smallest absolute Gasteiger partial charge is 0.130 e. The van der Waals surface area contributed by atoms with E-state index in [0.717, 1.165) is 28.0 Å². The van der Waals surface area contributed by atoms with Crippen molar-refractivity contribution in [1.82, 2.24) is 0 Å². The lowest BCUT2D eigenvalue weighted by atomic mass is 10.1. The van der Waals surface area contributed by atoms with Gasteiger partial charge in [0.15, 0.2) is 0 Å². The molecule has 200 valence electrons. The van der Waals surface area contributed by atoms with E-state index in [1.165, 1.54) is 0 Å². The number of allylic oxidation sites excluding steroid dienone is 1. The Bertz CT molecular complexity index is 1500. The molecule has 5 aromatic rings. The van der Waals surface area contributed by atoms with Crippen molar-refractivity contribution < 1.29 is 19.3 Å². The number of aromatic hydroxyl groups is 1. The van der Waals surface area contributed by atoms with Crippen molar-refractivity contribution in [3.05, 3.63) is 161 Å². The Hall–Kier alpha value is -4.96. The first kappa shape index (κ1) is 26.6. The Balaban J connectivity index is 1.26. The normalized spacial score (nSPS) is 10.9. The van der Waals surface area contributed by atoms with Crippen LogP contribution in [0.4, 0.5) is 0 Å². The summed E-state index contributed by atoms with van der Waals surface area (Å²) in [6.07, 6.45) is 4.55. The summed E-state index contributed by atoms with van der Waals surface area (Å²) in [5, 5.41) is 10.9. The zero-order chi connectivity index (χ0) is 27.4. The second-order valence-corrected chi connectivity index (χ2v) is 9.42. The van der Waals surface area contributed by atoms with Crippen molar-refractivity contribution in [2.24, 2.45) is 0 Å². The van der Waals surface area contributed by atoms with Gasteiger partial charge < -0.3 is 19.3 Å². The monoisotopic (exact) mass is 528 g/mol. The highest BCUT2D eigenvalue weighted by Crippen LogP contribution is 2.35. The zero-order valence-electron chi connectivity index (χ0n) is 22.3. The first-order chi connectivity index (χ1) is 19.7. The topological polar surface area (TPSA) is 47.9 Å². The third-order valence-corrected chi connectivity index (χ3v) is 6.41. The second-order valence-electron chi connectivity index (χ2n) is 9.42. The van der Waals surface area contributed by atoms with Gasteiger partial charge in [-0.1, -0.05) is 115 Å². The van der Waals surface area contributed by atoms with Crippen LogP contribution in [0.25, 0.3) is 6.08 Å². The Morgan fingerprint density at radius 1 is 0.525 bits per heavy atom. The number of ether oxygens (including phenoxy) is 3. The van der Waals surface area contributed by atoms with Gasteiger partial charge in [0, 0.05) is 17.7 Å². The lowest BCUT2D eigenvalue weighted by Gasteiger charge is -2.15. The third-order valence-electron chi connectivity index (χ3n) is 6.41. The molecule has 0 aliphatic heterocycles. The van der Waals surface area contributed by atoms with Crippen molar-refractivity contribution >= 4 is 6.08 Å². The quantitative estimate of drug-likeness (QED) is 0.177. The maximum Gasteiger partial charge on any atom is 0.130 e. The number of phenols is 1. The molecule has 40 heavy (non-hydrogen) atoms. The standard InChI is InChI=1S/C36H32O4/c37-35-23-33(39-26-30-13-6-2-7-14-30)24-36(40-27-31-15-8-3-9-16-31)34(35)18-10-17-28-19-21-32(22-20-28)38-25-29-11-4-1-5-12-29/h1-17,19-24,37H,18,25-27H2/b17-10+. The van der Waals surface area contributed by atoms with Crippen LogP contribution in [-0.2, 0) is 26.2 Å². The van der Waals surface area contributed by atoms with E-state index in [2.05, 4.69) is 0 Å². The summed E-state index contributed by atoms with van der Waals surface area (Å²) in [5.41, 5.74) is 4.99. The highest BCUT2D eigenvalue weighted by Gasteiger charge is 2.13. The molecule has 0 amide bonds. The van der Waals surface area contributed by atoms with Gasteiger partial charge >= 0.3 is 0 Å². The van der Waals surface area contributed by atoms with Crippen LogP contribution in [0.5, 0.6) is 23.0 Å². The molecule has 0 aliphatic rings. The number of hydrogen-bond acceptors (Lipinski definition) is 4. The van der Waals surface area contributed by atoms with Gasteiger partial charge in [0.25, 0.3) is 0 Å². The van der Waals surface area contributed by atoms with E-state index in [9.17, 15) is 5.11 Å². The van der Waals surface area contributed by atoms with Gasteiger partial charge in [-0.25, -0.2) is 0 Å². The molecule has 0 saturated carbocycles. The maximum absolute atomic E-state index is 10.9. The minimum absolute atomic E-state index is 0.142. The molecule has 0 atom stereocenters. The Kier molecular flexibility index (Phi) is 9.14. The van der Waals surface area contributed by atoms with E-state index < -0.39 is 0 Å². The van der Waals surface area contributed by atoms with Gasteiger partial charge in [-0.05, 0) is 40.8 Å². The lowest BCUT2D eigenvalue weighted by Crippen LogP contribution is -2.01. The summed E-state index contributed by atoms with van der Waals surface area (Å²) < 4.78 is 18.1. The minimum Gasteiger partial charge on any atom is -0.507 e. The average molecular weight is 529 g/mol. The van der Waals surface area contributed by atoms with E-state index in [4.69, 9.17) is 14.2 Å². The van der Waals surface area contributed by atoms with E-state index in [0.29, 0.717) is 43.3 Å². The molecule has 0 heterocycles. The molecule has 1 N–H and O–H groups in total. The summed E-state index contributed by atoms with van der Waals surface area (Å²) in [6, 6.07) is 41.5. The molecule has 0 saturated heterocycles. The van der Waals surface area contributed by atoms with Crippen LogP contribution >= 0.6 is 0 Å². The molecule has 5 rings (SSSR count). The van der Waals surface area contributed by atoms with Gasteiger partial charge in [-0.3, -0.25) is 0 Å². The predicted molar refractivity (Wildman–Crippen MR) is 160 cm³/mol. The predicted octanol–water partition coefficient (Wildman–Crippen LogP) is 8.39. The fourth-order valence-electron chi connectivity index (χ4n) is 4.23. The molecule has 0 aromatic heterocycles. The Labute approximate surface area is 235 Å². The van der Waals surface area contributed by atoms with E-state index >= 15 is 0 Å². The molecule has 0 unspecified atom stereocenters. The first-order valence-electron chi connectivity index (χ1n) is 13.4. The maximum atomic E-state index is 10.9. The fraction of sp³-hybridized carbons (Fsp3) is 0.111. The molecule has 0 aliphatic carbocycles. The molecule has 5 aromatic carbocycles. The molecule has 0 bridgehead atoms. The zero-order valence-corrected chi connectivity index (χ0v) is 22.3. The van der Waals surface area contributed by atoms with Crippen LogP contribution in [0, 0.1) is 0 Å². The number of hydrogen-bond donors (Lipinski definition) is 1. The van der Waals surface area contributed by atoms with Crippen LogP contribution in [0.2, 0.25) is 0 Å². The van der Waals surface area contributed by atoms with Crippen LogP contribution in [0.15, 0.2) is 133 Å². The lowest BCUT2D eigenvalue weighted by molar-refractivity contribution is 0.284. The Morgan fingerprint density at radius 2 is 1.02 bits per heavy atom. The molecule has 0 radical (unpaired) electrons. The van der Waals surface area contributed by atoms with E-state index in [1.807, 2.05) is 133 Å². The molecule has 4 heteroatoms. The molecule has 4 nitrogen and oxygen atoms in total. The minimum atomic E-state index is 0.142. The summed E-state index contributed by atoms with van der Waals surface area (Å²) in [7, 11) is 0. The fourth-order valence-corrected chi connectivity index (χ4v) is 4.23. The summed E-state index contributed by atoms with van der Waals surface area (Å²) >= 11 is 0. The van der Waals surface area contributed by atoms with Crippen molar-refractivity contribution in [1.29, 1.82) is 0 Å². The number of rotatable bonds is 12. The molecule has 0 fully saturated rings. The molecule has 0 spiro atoms. The highest BCUT2D eigenvalue weighted by atomic mass is 16.5. The van der Waals surface area contributed by atoms with Crippen molar-refractivity contribution in [2.75, 3.05) is 0 Å². The summed E-state index contributed by atoms with van der Waals surface area (Å²) in [5.74, 6) is 2.12. The number of benzene rings is 5. The van der Waals surface area contributed by atoms with Crippen LogP contribution < -0.4 is 14.2 Å². The van der Waals surface area contributed by atoms with Crippen LogP contribution in [0.3, 0.4) is 0 Å².